The fourth-order valence-corrected chi connectivity index (χ4v) is 5.05. The molecule has 240 valence electrons. The first kappa shape index (κ1) is 34.9. The number of nitrogens with zero attached hydrogens (tertiary/aromatic N) is 2. The minimum absolute atomic E-state index is 0.0790. The van der Waals surface area contributed by atoms with E-state index in [4.69, 9.17) is 5.73 Å². The molecule has 1 heterocycles. The van der Waals surface area contributed by atoms with Crippen LogP contribution in [0.15, 0.2) is 60.8 Å². The van der Waals surface area contributed by atoms with Crippen LogP contribution in [0.2, 0.25) is 0 Å². The van der Waals surface area contributed by atoms with Gasteiger partial charge in [-0.15, -0.1) is 0 Å². The number of fused-ring (bicyclic) bond motifs is 1. The molecule has 3 aromatic rings. The van der Waals surface area contributed by atoms with Gasteiger partial charge in [-0.25, -0.2) is 0 Å². The molecule has 0 aliphatic rings. The van der Waals surface area contributed by atoms with Gasteiger partial charge in [0, 0.05) is 18.5 Å². The van der Waals surface area contributed by atoms with Crippen LogP contribution in [0.5, 0.6) is 0 Å². The van der Waals surface area contributed by atoms with Crippen molar-refractivity contribution >= 4 is 28.4 Å². The molecule has 1 aromatic heterocycles. The number of aryl methyl sites for hydroxylation is 1. The van der Waals surface area contributed by atoms with E-state index >= 15 is 0 Å². The number of hydrogen-bond donors (Lipinski definition) is 5. The number of nitrogens with one attached hydrogen (secondary N) is 4. The Hall–Kier alpha value is -3.58. The highest BCUT2D eigenvalue weighted by atomic mass is 19.4. The third-order valence-corrected chi connectivity index (χ3v) is 7.82. The van der Waals surface area contributed by atoms with Crippen LogP contribution in [0, 0.1) is 0 Å². The second-order valence-corrected chi connectivity index (χ2v) is 11.5. The number of para-hydroxylation sites is 1. The Bertz CT molecular complexity index is 1360. The van der Waals surface area contributed by atoms with Crippen LogP contribution in [-0.4, -0.2) is 87.2 Å². The first-order valence-electron chi connectivity index (χ1n) is 14.9. The number of anilines is 1. The van der Waals surface area contributed by atoms with Crippen molar-refractivity contribution in [3.63, 3.8) is 0 Å². The van der Waals surface area contributed by atoms with Crippen LogP contribution in [0.1, 0.15) is 30.4 Å². The highest BCUT2D eigenvalue weighted by Gasteiger charge is 2.31. The Morgan fingerprint density at radius 3 is 2.32 bits per heavy atom. The van der Waals surface area contributed by atoms with Crippen LogP contribution in [0.4, 0.5) is 18.9 Å². The maximum absolute atomic E-state index is 13.4. The Morgan fingerprint density at radius 2 is 1.64 bits per heavy atom. The molecule has 0 saturated carbocycles. The van der Waals surface area contributed by atoms with E-state index in [0.717, 1.165) is 60.2 Å². The Balaban J connectivity index is 1.69. The smallest absolute Gasteiger partial charge is 0.343 e. The first-order valence-corrected chi connectivity index (χ1v) is 14.9. The van der Waals surface area contributed by atoms with E-state index in [0.29, 0.717) is 24.1 Å². The average molecular weight is 617 g/mol. The second-order valence-electron chi connectivity index (χ2n) is 11.5. The van der Waals surface area contributed by atoms with Crippen molar-refractivity contribution in [3.05, 3.63) is 71.9 Å². The summed E-state index contributed by atoms with van der Waals surface area (Å²) in [6, 6.07) is 12.3. The summed E-state index contributed by atoms with van der Waals surface area (Å²) >= 11 is 0. The molecule has 6 N–H and O–H groups in total. The maximum atomic E-state index is 13.4. The number of nitrogens with two attached hydrogens (primary N) is 1. The molecular formula is C32H45F3N7O2+. The van der Waals surface area contributed by atoms with Crippen LogP contribution < -0.4 is 27.0 Å². The zero-order valence-corrected chi connectivity index (χ0v) is 25.7. The summed E-state index contributed by atoms with van der Waals surface area (Å²) in [6.45, 7) is 4.42. The predicted molar refractivity (Wildman–Crippen MR) is 168 cm³/mol. The summed E-state index contributed by atoms with van der Waals surface area (Å²) in [5, 5.41) is 12.8. The summed E-state index contributed by atoms with van der Waals surface area (Å²) in [6.07, 6.45) is -1.60. The molecule has 12 heteroatoms. The number of likely N-dealkylation sites (N-methyl/N-ethyl adjacent to an activating group) is 3. The van der Waals surface area contributed by atoms with Gasteiger partial charge in [0.1, 0.15) is 6.04 Å². The van der Waals surface area contributed by atoms with Crippen LogP contribution in [0.3, 0.4) is 0 Å². The molecule has 0 fully saturated rings. The van der Waals surface area contributed by atoms with Gasteiger partial charge in [-0.05, 0) is 63.5 Å². The van der Waals surface area contributed by atoms with Crippen molar-refractivity contribution in [2.24, 2.45) is 5.73 Å². The van der Waals surface area contributed by atoms with E-state index in [-0.39, 0.29) is 12.8 Å². The number of amides is 2. The molecule has 2 aromatic carbocycles. The average Bonchev–Trinajstić information content (AvgIpc) is 3.00. The Morgan fingerprint density at radius 1 is 0.932 bits per heavy atom. The van der Waals surface area contributed by atoms with E-state index in [9.17, 15) is 22.8 Å². The number of carbonyl (C=O) groups is 2. The summed E-state index contributed by atoms with van der Waals surface area (Å²) in [4.78, 5) is 31.0. The lowest BCUT2D eigenvalue weighted by molar-refractivity contribution is -0.907. The molecule has 0 aliphatic carbocycles. The first-order chi connectivity index (χ1) is 20.9. The topological polar surface area (TPSA) is 121 Å². The van der Waals surface area contributed by atoms with Crippen molar-refractivity contribution in [2.45, 2.75) is 43.9 Å². The number of hydrogen-bond acceptors (Lipinski definition) is 6. The van der Waals surface area contributed by atoms with E-state index in [2.05, 4.69) is 33.3 Å². The van der Waals surface area contributed by atoms with Gasteiger partial charge in [-0.3, -0.25) is 14.6 Å². The molecule has 2 amide bonds. The zero-order valence-electron chi connectivity index (χ0n) is 25.7. The number of benzene rings is 2. The lowest BCUT2D eigenvalue weighted by atomic mass is 10.0. The lowest BCUT2D eigenvalue weighted by Crippen LogP contribution is -2.52. The normalized spacial score (nSPS) is 13.4. The van der Waals surface area contributed by atoms with Crippen molar-refractivity contribution in [2.75, 3.05) is 59.2 Å². The second kappa shape index (κ2) is 16.5. The summed E-state index contributed by atoms with van der Waals surface area (Å²) in [5.74, 6) is -0.983. The van der Waals surface area contributed by atoms with E-state index in [1.165, 1.54) is 12.3 Å². The molecule has 0 radical (unpaired) electrons. The lowest BCUT2D eigenvalue weighted by Gasteiger charge is -2.35. The number of carbonyl (C=O) groups excluding carboxylic acids is 2. The molecule has 9 nitrogen and oxygen atoms in total. The third-order valence-electron chi connectivity index (χ3n) is 7.82. The van der Waals surface area contributed by atoms with Crippen LogP contribution in [0.25, 0.3) is 10.9 Å². The zero-order chi connectivity index (χ0) is 32.2. The van der Waals surface area contributed by atoms with E-state index in [1.54, 1.807) is 12.1 Å². The van der Waals surface area contributed by atoms with Gasteiger partial charge in [-0.2, -0.15) is 13.2 Å². The molecule has 44 heavy (non-hydrogen) atoms. The van der Waals surface area contributed by atoms with Gasteiger partial charge in [0.2, 0.25) is 11.8 Å². The monoisotopic (exact) mass is 616 g/mol. The fourth-order valence-electron chi connectivity index (χ4n) is 5.05. The van der Waals surface area contributed by atoms with Crippen LogP contribution >= 0.6 is 0 Å². The molecular weight excluding hydrogens is 571 g/mol. The number of rotatable bonds is 17. The van der Waals surface area contributed by atoms with Gasteiger partial charge in [0.05, 0.1) is 55.7 Å². The summed E-state index contributed by atoms with van der Waals surface area (Å²) in [5.41, 5.74) is 7.12. The molecule has 0 bridgehead atoms. The van der Waals surface area contributed by atoms with Crippen LogP contribution in [-0.2, 0) is 22.2 Å². The van der Waals surface area contributed by atoms with Crippen molar-refractivity contribution in [1.82, 2.24) is 20.9 Å². The Kier molecular flexibility index (Phi) is 13.1. The standard InChI is InChI=1S/C32H44F3N7O2/c1-37-15-18-42(3,19-16-38-2)17-7-11-27(36)30(43)41-29(14-13-23-8-6-10-25(20-23)32(33,34)35)31(44)40-26-21-24-9-4-5-12-28(24)39-22-26/h4-6,8-10,12,20-22,27,29,37-38H,7,11,13-19,36H2,1-3H3,(H-,40,41,43,44)/p+1/t27-,29-/m0/s1. The van der Waals surface area contributed by atoms with Gasteiger partial charge in [0.25, 0.3) is 0 Å². The van der Waals surface area contributed by atoms with E-state index < -0.39 is 35.6 Å². The summed E-state index contributed by atoms with van der Waals surface area (Å²) in [7, 11) is 6.01. The van der Waals surface area contributed by atoms with Gasteiger partial charge in [-0.1, -0.05) is 36.4 Å². The number of quaternary nitrogens is 1. The fraction of sp³-hybridized carbons (Fsp3) is 0.469. The van der Waals surface area contributed by atoms with Gasteiger partial charge >= 0.3 is 6.18 Å². The minimum Gasteiger partial charge on any atom is -0.343 e. The third kappa shape index (κ3) is 10.8. The number of halogens is 3. The summed E-state index contributed by atoms with van der Waals surface area (Å²) < 4.78 is 40.6. The molecule has 3 rings (SSSR count). The Labute approximate surface area is 257 Å². The molecule has 2 atom stereocenters. The molecule has 0 saturated heterocycles. The quantitative estimate of drug-likeness (QED) is 0.149. The van der Waals surface area contributed by atoms with Gasteiger partial charge < -0.3 is 31.5 Å². The van der Waals surface area contributed by atoms with Gasteiger partial charge in [0.15, 0.2) is 0 Å². The molecule has 0 unspecified atom stereocenters. The molecule has 0 spiro atoms. The number of aromatic nitrogens is 1. The van der Waals surface area contributed by atoms with Crippen molar-refractivity contribution in [3.8, 4) is 0 Å². The SMILES string of the molecule is CNCC[N+](C)(CCC[C@H](N)C(=O)N[C@@H](CCc1cccc(C(F)(F)F)c1)C(=O)Nc1cnc2ccccc2c1)CCNC. The van der Waals surface area contributed by atoms with Crippen molar-refractivity contribution < 1.29 is 27.2 Å². The highest BCUT2D eigenvalue weighted by Crippen LogP contribution is 2.30. The number of pyridine rings is 1. The van der Waals surface area contributed by atoms with Crippen molar-refractivity contribution in [1.29, 1.82) is 0 Å². The largest absolute Gasteiger partial charge is 0.416 e. The maximum Gasteiger partial charge on any atom is 0.416 e. The minimum atomic E-state index is -4.48. The molecule has 0 aliphatic heterocycles. The van der Waals surface area contributed by atoms with E-state index in [1.807, 2.05) is 38.4 Å². The highest BCUT2D eigenvalue weighted by molar-refractivity contribution is 5.98. The predicted octanol–water partition coefficient (Wildman–Crippen LogP) is 3.30. The number of alkyl halides is 3.